The van der Waals surface area contributed by atoms with Gasteiger partial charge in [-0.05, 0) is 25.3 Å². The number of Topliss-reactive ketones (excluding diaryl/α,β-unsaturated/α-hetero) is 1. The van der Waals surface area contributed by atoms with Crippen molar-refractivity contribution in [2.45, 2.75) is 11.8 Å². The van der Waals surface area contributed by atoms with Gasteiger partial charge < -0.3 is 9.47 Å². The van der Waals surface area contributed by atoms with E-state index in [1.54, 1.807) is 19.1 Å². The van der Waals surface area contributed by atoms with Crippen molar-refractivity contribution < 1.29 is 14.3 Å². The summed E-state index contributed by atoms with van der Waals surface area (Å²) in [5.74, 6) is 1.47. The van der Waals surface area contributed by atoms with E-state index in [1.165, 1.54) is 11.8 Å². The molecule has 0 fully saturated rings. The molecule has 0 radical (unpaired) electrons. The molecule has 1 aromatic rings. The Morgan fingerprint density at radius 2 is 2.21 bits per heavy atom. The second kappa shape index (κ2) is 3.53. The Hall–Kier alpha value is -1.16. The molecule has 0 unspecified atom stereocenters. The van der Waals surface area contributed by atoms with E-state index in [4.69, 9.17) is 9.47 Å². The number of benzene rings is 1. The summed E-state index contributed by atoms with van der Waals surface area (Å²) in [7, 11) is 0. The van der Waals surface area contributed by atoms with Gasteiger partial charge in [-0.1, -0.05) is 0 Å². The summed E-state index contributed by atoms with van der Waals surface area (Å²) in [6.07, 6.45) is 1.92. The van der Waals surface area contributed by atoms with Crippen LogP contribution in [0.3, 0.4) is 0 Å². The molecule has 0 saturated heterocycles. The number of fused-ring (bicyclic) bond motifs is 1. The normalized spacial score (nSPS) is 13.0. The lowest BCUT2D eigenvalue weighted by Gasteiger charge is -2.06. The first kappa shape index (κ1) is 9.40. The van der Waals surface area contributed by atoms with E-state index in [2.05, 4.69) is 0 Å². The summed E-state index contributed by atoms with van der Waals surface area (Å²) >= 11 is 1.50. The van der Waals surface area contributed by atoms with Crippen LogP contribution in [-0.4, -0.2) is 18.8 Å². The van der Waals surface area contributed by atoms with E-state index in [-0.39, 0.29) is 12.6 Å². The summed E-state index contributed by atoms with van der Waals surface area (Å²) in [4.78, 5) is 12.2. The average molecular weight is 210 g/mol. The summed E-state index contributed by atoms with van der Waals surface area (Å²) in [6.45, 7) is 1.79. The molecule has 3 nitrogen and oxygen atoms in total. The van der Waals surface area contributed by atoms with Crippen molar-refractivity contribution in [2.24, 2.45) is 0 Å². The molecule has 0 saturated carbocycles. The second-order valence-corrected chi connectivity index (χ2v) is 3.75. The van der Waals surface area contributed by atoms with Crippen molar-refractivity contribution in [1.82, 2.24) is 0 Å². The quantitative estimate of drug-likeness (QED) is 0.554. The number of ether oxygens (including phenoxy) is 2. The van der Waals surface area contributed by atoms with Gasteiger partial charge in [-0.3, -0.25) is 4.79 Å². The van der Waals surface area contributed by atoms with Crippen LogP contribution in [0.1, 0.15) is 17.3 Å². The van der Waals surface area contributed by atoms with E-state index >= 15 is 0 Å². The molecular weight excluding hydrogens is 200 g/mol. The molecule has 0 aliphatic carbocycles. The van der Waals surface area contributed by atoms with E-state index in [0.29, 0.717) is 11.3 Å². The van der Waals surface area contributed by atoms with Gasteiger partial charge in [0.15, 0.2) is 17.3 Å². The zero-order valence-corrected chi connectivity index (χ0v) is 8.81. The minimum absolute atomic E-state index is 0.0488. The summed E-state index contributed by atoms with van der Waals surface area (Å²) in [5.41, 5.74) is 0.696. The van der Waals surface area contributed by atoms with Crippen LogP contribution in [0.15, 0.2) is 17.0 Å². The highest BCUT2D eigenvalue weighted by Crippen LogP contribution is 2.42. The van der Waals surface area contributed by atoms with Crippen LogP contribution >= 0.6 is 11.8 Å². The summed E-state index contributed by atoms with van der Waals surface area (Å²) in [6, 6.07) is 3.56. The molecule has 0 amide bonds. The fraction of sp³-hybridized carbons (Fsp3) is 0.300. The Morgan fingerprint density at radius 1 is 1.43 bits per heavy atom. The molecule has 1 aliphatic rings. The number of hydrogen-bond acceptors (Lipinski definition) is 4. The molecule has 0 spiro atoms. The minimum Gasteiger partial charge on any atom is -0.454 e. The lowest BCUT2D eigenvalue weighted by molar-refractivity contribution is 0.101. The van der Waals surface area contributed by atoms with Crippen LogP contribution < -0.4 is 9.47 Å². The van der Waals surface area contributed by atoms with Gasteiger partial charge in [0.1, 0.15) is 0 Å². The van der Waals surface area contributed by atoms with E-state index in [9.17, 15) is 4.79 Å². The number of carbonyl (C=O) groups is 1. The molecule has 14 heavy (non-hydrogen) atoms. The first-order chi connectivity index (χ1) is 6.74. The summed E-state index contributed by atoms with van der Waals surface area (Å²) in [5, 5.41) is 0. The largest absolute Gasteiger partial charge is 0.454 e. The minimum atomic E-state index is 0.0488. The zero-order chi connectivity index (χ0) is 10.1. The first-order valence-electron chi connectivity index (χ1n) is 4.21. The molecule has 1 aromatic carbocycles. The summed E-state index contributed by atoms with van der Waals surface area (Å²) < 4.78 is 10.5. The molecule has 0 aromatic heterocycles. The third-order valence-electron chi connectivity index (χ3n) is 2.08. The van der Waals surface area contributed by atoms with Crippen LogP contribution in [0.4, 0.5) is 0 Å². The van der Waals surface area contributed by atoms with Crippen molar-refractivity contribution >= 4 is 17.5 Å². The van der Waals surface area contributed by atoms with Crippen molar-refractivity contribution in [3.05, 3.63) is 17.7 Å². The predicted molar refractivity (Wildman–Crippen MR) is 54.4 cm³/mol. The van der Waals surface area contributed by atoms with Crippen LogP contribution in [0.2, 0.25) is 0 Å². The Balaban J connectivity index is 2.59. The van der Waals surface area contributed by atoms with Crippen molar-refractivity contribution in [1.29, 1.82) is 0 Å². The van der Waals surface area contributed by atoms with Gasteiger partial charge in [0, 0.05) is 5.56 Å². The molecular formula is C10H10O3S. The Kier molecular flexibility index (Phi) is 2.37. The Bertz CT molecular complexity index is 387. The standard InChI is InChI=1S/C10H10O3S/c1-6(11)7-3-4-8-9(10(7)14-2)13-5-12-8/h3-4H,5H2,1-2H3. The second-order valence-electron chi connectivity index (χ2n) is 2.94. The van der Waals surface area contributed by atoms with Gasteiger partial charge in [-0.25, -0.2) is 0 Å². The van der Waals surface area contributed by atoms with Crippen LogP contribution in [-0.2, 0) is 0 Å². The maximum atomic E-state index is 11.3. The smallest absolute Gasteiger partial charge is 0.231 e. The highest BCUT2D eigenvalue weighted by atomic mass is 32.2. The van der Waals surface area contributed by atoms with Crippen LogP contribution in [0.5, 0.6) is 11.5 Å². The maximum absolute atomic E-state index is 11.3. The molecule has 74 valence electrons. The molecule has 1 aliphatic heterocycles. The highest BCUT2D eigenvalue weighted by molar-refractivity contribution is 7.98. The van der Waals surface area contributed by atoms with Gasteiger partial charge in [0.25, 0.3) is 0 Å². The van der Waals surface area contributed by atoms with Crippen LogP contribution in [0.25, 0.3) is 0 Å². The lowest BCUT2D eigenvalue weighted by atomic mass is 10.1. The molecule has 0 atom stereocenters. The number of ketones is 1. The third kappa shape index (κ3) is 1.35. The maximum Gasteiger partial charge on any atom is 0.231 e. The van der Waals surface area contributed by atoms with Gasteiger partial charge in [-0.2, -0.15) is 0 Å². The highest BCUT2D eigenvalue weighted by Gasteiger charge is 2.21. The molecule has 4 heteroatoms. The lowest BCUT2D eigenvalue weighted by Crippen LogP contribution is -1.96. The molecule has 1 heterocycles. The number of rotatable bonds is 2. The Labute approximate surface area is 86.4 Å². The monoisotopic (exact) mass is 210 g/mol. The zero-order valence-electron chi connectivity index (χ0n) is 7.99. The van der Waals surface area contributed by atoms with E-state index in [0.717, 1.165) is 10.6 Å². The Morgan fingerprint density at radius 3 is 2.86 bits per heavy atom. The first-order valence-corrected chi connectivity index (χ1v) is 5.44. The van der Waals surface area contributed by atoms with Gasteiger partial charge in [-0.15, -0.1) is 11.8 Å². The van der Waals surface area contributed by atoms with E-state index in [1.807, 2.05) is 6.26 Å². The molecule has 2 rings (SSSR count). The molecule has 0 bridgehead atoms. The van der Waals surface area contributed by atoms with Crippen molar-refractivity contribution in [2.75, 3.05) is 13.0 Å². The molecule has 0 N–H and O–H groups in total. The predicted octanol–water partition coefficient (Wildman–Crippen LogP) is 2.34. The fourth-order valence-corrected chi connectivity index (χ4v) is 2.20. The number of hydrogen-bond donors (Lipinski definition) is 0. The van der Waals surface area contributed by atoms with Gasteiger partial charge in [0.05, 0.1) is 4.90 Å². The third-order valence-corrected chi connectivity index (χ3v) is 2.89. The van der Waals surface area contributed by atoms with Crippen molar-refractivity contribution in [3.63, 3.8) is 0 Å². The SMILES string of the molecule is CSc1c(C(C)=O)ccc2c1OCO2. The van der Waals surface area contributed by atoms with E-state index < -0.39 is 0 Å². The van der Waals surface area contributed by atoms with Gasteiger partial charge in [0.2, 0.25) is 6.79 Å². The van der Waals surface area contributed by atoms with Gasteiger partial charge >= 0.3 is 0 Å². The fourth-order valence-electron chi connectivity index (χ4n) is 1.43. The van der Waals surface area contributed by atoms with Crippen LogP contribution in [0, 0.1) is 0 Å². The average Bonchev–Trinajstić information content (AvgIpc) is 2.63. The number of carbonyl (C=O) groups excluding carboxylic acids is 1. The van der Waals surface area contributed by atoms with Crippen molar-refractivity contribution in [3.8, 4) is 11.5 Å². The number of thioether (sulfide) groups is 1. The topological polar surface area (TPSA) is 35.5 Å².